The molecular formula is C18H20N2O8. The summed E-state index contributed by atoms with van der Waals surface area (Å²) in [6.45, 7) is 6.48. The number of non-ortho nitro benzene ring substituents is 1. The summed E-state index contributed by atoms with van der Waals surface area (Å²) in [5, 5.41) is 23.1. The number of ether oxygens (including phenoxy) is 3. The molecule has 0 aromatic heterocycles. The fraction of sp³-hybridized carbons (Fsp3) is 0.333. The van der Waals surface area contributed by atoms with Crippen LogP contribution in [0.5, 0.6) is 0 Å². The van der Waals surface area contributed by atoms with Gasteiger partial charge in [0.25, 0.3) is 5.69 Å². The predicted octanol–water partition coefficient (Wildman–Crippen LogP) is 4.00. The van der Waals surface area contributed by atoms with E-state index < -0.39 is 29.3 Å². The van der Waals surface area contributed by atoms with Crippen LogP contribution in [0.15, 0.2) is 47.2 Å². The molecule has 0 radical (unpaired) electrons. The lowest BCUT2D eigenvalue weighted by Gasteiger charge is -2.30. The molecule has 1 aliphatic rings. The molecule has 1 aliphatic heterocycles. The Hall–Kier alpha value is -3.56. The molecule has 1 aromatic carbocycles. The number of allylic oxidation sites excluding steroid dienone is 2. The Morgan fingerprint density at radius 2 is 1.79 bits per heavy atom. The Bertz CT molecular complexity index is 872. The molecule has 2 N–H and O–H groups in total. The van der Waals surface area contributed by atoms with E-state index in [1.807, 2.05) is 0 Å². The molecule has 0 aliphatic carbocycles. The fourth-order valence-electron chi connectivity index (χ4n) is 2.75. The van der Waals surface area contributed by atoms with Gasteiger partial charge in [0.2, 0.25) is 0 Å². The van der Waals surface area contributed by atoms with Gasteiger partial charge in [-0.15, -0.1) is 0 Å². The summed E-state index contributed by atoms with van der Waals surface area (Å²) >= 11 is 0. The molecule has 150 valence electrons. The zero-order chi connectivity index (χ0) is 21.0. The van der Waals surface area contributed by atoms with Crippen molar-refractivity contribution < 1.29 is 33.8 Å². The molecule has 2 rings (SSSR count). The Labute approximate surface area is 160 Å². The molecule has 1 aromatic rings. The number of nitro benzene ring substituents is 1. The van der Waals surface area contributed by atoms with Gasteiger partial charge in [0, 0.05) is 12.1 Å². The second-order valence-electron chi connectivity index (χ2n) is 6.28. The van der Waals surface area contributed by atoms with Crippen LogP contribution < -0.4 is 5.32 Å². The maximum Gasteiger partial charge on any atom is 0.513 e. The fourth-order valence-corrected chi connectivity index (χ4v) is 2.75. The highest BCUT2D eigenvalue weighted by atomic mass is 16.7. The number of carbonyl (C=O) groups is 2. The van der Waals surface area contributed by atoms with Crippen molar-refractivity contribution in [1.82, 2.24) is 5.32 Å². The first-order valence-corrected chi connectivity index (χ1v) is 8.32. The van der Waals surface area contributed by atoms with Crippen LogP contribution in [0.2, 0.25) is 0 Å². The van der Waals surface area contributed by atoms with Gasteiger partial charge in [0.15, 0.2) is 0 Å². The van der Waals surface area contributed by atoms with Crippen LogP contribution in [0.25, 0.3) is 0 Å². The van der Waals surface area contributed by atoms with Crippen LogP contribution in [0.1, 0.15) is 39.2 Å². The zero-order valence-corrected chi connectivity index (χ0v) is 15.7. The number of carboxylic acid groups (broad SMARTS) is 1. The van der Waals surface area contributed by atoms with Gasteiger partial charge in [-0.1, -0.05) is 12.1 Å². The van der Waals surface area contributed by atoms with E-state index in [0.29, 0.717) is 17.0 Å². The molecule has 10 heteroatoms. The van der Waals surface area contributed by atoms with E-state index in [9.17, 15) is 19.7 Å². The Morgan fingerprint density at radius 3 is 2.32 bits per heavy atom. The van der Waals surface area contributed by atoms with Gasteiger partial charge in [-0.25, -0.2) is 9.59 Å². The van der Waals surface area contributed by atoms with E-state index >= 15 is 0 Å². The standard InChI is InChI=1S/C18H20N2O8/c1-9(2)26-18(23)28-16-11(4)19-10(3)15(27-17(21)22)14(16)12-6-5-7-13(8-12)20(24)25/h5-9,14,19H,1-4H3,(H,21,22). The lowest BCUT2D eigenvalue weighted by molar-refractivity contribution is -0.384. The highest BCUT2D eigenvalue weighted by Gasteiger charge is 2.36. The minimum Gasteiger partial charge on any atom is -0.449 e. The van der Waals surface area contributed by atoms with E-state index in [1.54, 1.807) is 33.8 Å². The monoisotopic (exact) mass is 392 g/mol. The Kier molecular flexibility index (Phi) is 6.24. The topological polar surface area (TPSA) is 137 Å². The van der Waals surface area contributed by atoms with Crippen LogP contribution in [0.3, 0.4) is 0 Å². The molecular weight excluding hydrogens is 372 g/mol. The lowest BCUT2D eigenvalue weighted by Crippen LogP contribution is -2.29. The second kappa shape index (κ2) is 8.42. The van der Waals surface area contributed by atoms with Crippen LogP contribution in [0.4, 0.5) is 15.3 Å². The first-order valence-electron chi connectivity index (χ1n) is 8.32. The predicted molar refractivity (Wildman–Crippen MR) is 96.2 cm³/mol. The van der Waals surface area contributed by atoms with Crippen LogP contribution >= 0.6 is 0 Å². The molecule has 0 spiro atoms. The number of nitrogens with zero attached hydrogens (tertiary/aromatic N) is 1. The number of hydrogen-bond donors (Lipinski definition) is 2. The lowest BCUT2D eigenvalue weighted by atomic mass is 9.90. The first-order chi connectivity index (χ1) is 13.1. The van der Waals surface area contributed by atoms with Crippen molar-refractivity contribution in [1.29, 1.82) is 0 Å². The van der Waals surface area contributed by atoms with Crippen molar-refractivity contribution >= 4 is 18.0 Å². The SMILES string of the molecule is CC1=C(OC(=O)O)C(c2cccc([N+](=O)[O-])c2)C(OC(=O)OC(C)C)=C(C)N1. The number of nitrogens with one attached hydrogen (secondary N) is 1. The van der Waals surface area contributed by atoms with Crippen LogP contribution in [0, 0.1) is 10.1 Å². The molecule has 0 bridgehead atoms. The third-order valence-electron chi connectivity index (χ3n) is 3.78. The van der Waals surface area contributed by atoms with Crippen molar-refractivity contribution in [3.8, 4) is 0 Å². The van der Waals surface area contributed by atoms with Gasteiger partial charge >= 0.3 is 12.3 Å². The van der Waals surface area contributed by atoms with Crippen molar-refractivity contribution in [2.24, 2.45) is 0 Å². The number of nitro groups is 1. The van der Waals surface area contributed by atoms with Crippen LogP contribution in [-0.2, 0) is 14.2 Å². The number of rotatable bonds is 5. The minimum absolute atomic E-state index is 0.0213. The molecule has 0 amide bonds. The van der Waals surface area contributed by atoms with E-state index in [0.717, 1.165) is 0 Å². The molecule has 10 nitrogen and oxygen atoms in total. The molecule has 0 fully saturated rings. The zero-order valence-electron chi connectivity index (χ0n) is 15.7. The van der Waals surface area contributed by atoms with E-state index in [4.69, 9.17) is 19.3 Å². The van der Waals surface area contributed by atoms with E-state index in [1.165, 1.54) is 18.2 Å². The van der Waals surface area contributed by atoms with Crippen molar-refractivity contribution in [2.45, 2.75) is 39.7 Å². The molecule has 1 unspecified atom stereocenters. The number of hydrogen-bond acceptors (Lipinski definition) is 8. The summed E-state index contributed by atoms with van der Waals surface area (Å²) in [6, 6.07) is 5.55. The Balaban J connectivity index is 2.56. The summed E-state index contributed by atoms with van der Waals surface area (Å²) in [7, 11) is 0. The third-order valence-corrected chi connectivity index (χ3v) is 3.78. The molecule has 1 heterocycles. The van der Waals surface area contributed by atoms with Gasteiger partial charge < -0.3 is 24.6 Å². The van der Waals surface area contributed by atoms with Gasteiger partial charge in [-0.3, -0.25) is 10.1 Å². The van der Waals surface area contributed by atoms with Gasteiger partial charge in [0.05, 0.1) is 22.4 Å². The molecule has 0 saturated heterocycles. The summed E-state index contributed by atoms with van der Waals surface area (Å²) in [6.07, 6.45) is -3.00. The summed E-state index contributed by atoms with van der Waals surface area (Å²) < 4.78 is 15.2. The number of dihydropyridines is 1. The molecule has 0 saturated carbocycles. The number of benzene rings is 1. The average molecular weight is 392 g/mol. The van der Waals surface area contributed by atoms with Gasteiger partial charge in [0.1, 0.15) is 17.4 Å². The highest BCUT2D eigenvalue weighted by molar-refractivity contribution is 5.64. The highest BCUT2D eigenvalue weighted by Crippen LogP contribution is 2.40. The van der Waals surface area contributed by atoms with E-state index in [-0.39, 0.29) is 17.2 Å². The van der Waals surface area contributed by atoms with Gasteiger partial charge in [-0.05, 0) is 33.3 Å². The van der Waals surface area contributed by atoms with E-state index in [2.05, 4.69) is 5.32 Å². The van der Waals surface area contributed by atoms with Crippen molar-refractivity contribution in [3.05, 3.63) is 62.9 Å². The third kappa shape index (κ3) is 4.78. The first kappa shape index (κ1) is 20.7. The van der Waals surface area contributed by atoms with Crippen molar-refractivity contribution in [3.63, 3.8) is 0 Å². The minimum atomic E-state index is -1.57. The normalized spacial score (nSPS) is 16.5. The van der Waals surface area contributed by atoms with Gasteiger partial charge in [-0.2, -0.15) is 0 Å². The smallest absolute Gasteiger partial charge is 0.449 e. The molecule has 28 heavy (non-hydrogen) atoms. The second-order valence-corrected chi connectivity index (χ2v) is 6.28. The average Bonchev–Trinajstić information content (AvgIpc) is 2.58. The summed E-state index contributed by atoms with van der Waals surface area (Å²) in [4.78, 5) is 33.8. The maximum atomic E-state index is 12.0. The molecule has 1 atom stereocenters. The quantitative estimate of drug-likeness (QED) is 0.432. The van der Waals surface area contributed by atoms with Crippen LogP contribution in [-0.4, -0.2) is 28.4 Å². The van der Waals surface area contributed by atoms with Crippen molar-refractivity contribution in [2.75, 3.05) is 0 Å². The Morgan fingerprint density at radius 1 is 1.18 bits per heavy atom. The summed E-state index contributed by atoms with van der Waals surface area (Å²) in [5.41, 5.74) is 0.886. The summed E-state index contributed by atoms with van der Waals surface area (Å²) in [5.74, 6) is -1.05. The maximum absolute atomic E-state index is 12.0. The number of carbonyl (C=O) groups excluding carboxylic acids is 1. The largest absolute Gasteiger partial charge is 0.513 e.